The molecule has 6 heteroatoms. The number of rotatable bonds is 3. The maximum atomic E-state index is 6.56. The summed E-state index contributed by atoms with van der Waals surface area (Å²) in [6.07, 6.45) is 4.67. The first kappa shape index (κ1) is 30.3. The molecule has 222 valence electrons. The van der Waals surface area contributed by atoms with Gasteiger partial charge in [0.05, 0.1) is 0 Å². The van der Waals surface area contributed by atoms with Gasteiger partial charge in [-0.1, -0.05) is 60.6 Å². The van der Waals surface area contributed by atoms with Gasteiger partial charge in [-0.05, 0) is 69.6 Å². The Bertz CT molecular complexity index is 1770. The van der Waals surface area contributed by atoms with Crippen molar-refractivity contribution in [2.24, 2.45) is 0 Å². The second-order valence-electron chi connectivity index (χ2n) is 13.7. The van der Waals surface area contributed by atoms with Crippen LogP contribution in [0.25, 0.3) is 22.5 Å². The molecule has 0 atom stereocenters. The van der Waals surface area contributed by atoms with Gasteiger partial charge in [-0.15, -0.1) is 58.5 Å². The van der Waals surface area contributed by atoms with E-state index in [1.165, 1.54) is 16.7 Å². The Balaban J connectivity index is 0.00000343. The van der Waals surface area contributed by atoms with Crippen LogP contribution in [0.1, 0.15) is 65.2 Å². The normalized spacial score (nSPS) is 13.1. The third-order valence-corrected chi connectivity index (χ3v) is 8.55. The molecule has 4 heterocycles. The number of ether oxygens (including phenoxy) is 2. The number of aryl methyl sites for hydroxylation is 1. The molecule has 0 amide bonds. The summed E-state index contributed by atoms with van der Waals surface area (Å²) in [5.41, 5.74) is 10.3. The monoisotopic (exact) mass is 757 g/mol. The van der Waals surface area contributed by atoms with Crippen LogP contribution >= 0.6 is 0 Å². The van der Waals surface area contributed by atoms with E-state index in [4.69, 9.17) is 19.4 Å². The van der Waals surface area contributed by atoms with E-state index in [1.54, 1.807) is 0 Å². The van der Waals surface area contributed by atoms with Crippen LogP contribution in [0.3, 0.4) is 0 Å². The Morgan fingerprint density at radius 2 is 1.09 bits per heavy atom. The van der Waals surface area contributed by atoms with E-state index >= 15 is 0 Å². The molecule has 0 spiro atoms. The molecule has 44 heavy (non-hydrogen) atoms. The van der Waals surface area contributed by atoms with Gasteiger partial charge in [0.1, 0.15) is 11.5 Å². The molecule has 2 aliphatic heterocycles. The summed E-state index contributed by atoms with van der Waals surface area (Å²) < 4.78 is 13.1. The maximum Gasteiger partial charge on any atom is 2.00 e. The summed E-state index contributed by atoms with van der Waals surface area (Å²) in [4.78, 5) is 9.47. The zero-order valence-electron chi connectivity index (χ0n) is 26.2. The van der Waals surface area contributed by atoms with Crippen LogP contribution in [-0.2, 0) is 38.3 Å². The number of nitrogens with zero attached hydrogens (tertiary/aromatic N) is 2. The fourth-order valence-electron chi connectivity index (χ4n) is 5.97. The average Bonchev–Trinajstić information content (AvgIpc) is 2.99. The minimum absolute atomic E-state index is 0. The molecule has 3 aromatic carbocycles. The average molecular weight is 758 g/mol. The van der Waals surface area contributed by atoms with Gasteiger partial charge in [-0.3, -0.25) is 0 Å². The van der Waals surface area contributed by atoms with Gasteiger partial charge in [0.15, 0.2) is 0 Å². The van der Waals surface area contributed by atoms with Gasteiger partial charge in [-0.25, -0.2) is 0 Å². The second kappa shape index (κ2) is 11.0. The van der Waals surface area contributed by atoms with E-state index < -0.39 is 0 Å². The summed E-state index contributed by atoms with van der Waals surface area (Å²) in [5, 5.41) is 0. The van der Waals surface area contributed by atoms with Crippen molar-refractivity contribution in [3.05, 3.63) is 102 Å². The Kier molecular flexibility index (Phi) is 7.61. The molecule has 0 saturated heterocycles. The number of aromatic nitrogens is 2. The predicted octanol–water partition coefficient (Wildman–Crippen LogP) is 7.29. The summed E-state index contributed by atoms with van der Waals surface area (Å²) in [6, 6.07) is 28.5. The van der Waals surface area contributed by atoms with Crippen molar-refractivity contribution in [3.63, 3.8) is 0 Å². The second-order valence-corrected chi connectivity index (χ2v) is 13.7. The van der Waals surface area contributed by atoms with Gasteiger partial charge in [-0.2, -0.15) is 0 Å². The first-order chi connectivity index (χ1) is 20.5. The van der Waals surface area contributed by atoms with Gasteiger partial charge in [0, 0.05) is 29.4 Å². The van der Waals surface area contributed by atoms with E-state index in [0.29, 0.717) is 0 Å². The van der Waals surface area contributed by atoms with Crippen molar-refractivity contribution < 1.29 is 30.5 Å². The molecular weight excluding hydrogens is 722 g/mol. The van der Waals surface area contributed by atoms with Gasteiger partial charge in [0.2, 0.25) is 6.71 Å². The molecule has 0 aliphatic carbocycles. The molecular formula is C38H35BN2O2Pt. The molecule has 4 nitrogen and oxygen atoms in total. The molecule has 5 aromatic rings. The molecule has 0 radical (unpaired) electrons. The minimum atomic E-state index is -0.153. The molecule has 0 unspecified atom stereocenters. The van der Waals surface area contributed by atoms with E-state index in [0.717, 1.165) is 68.3 Å². The number of benzene rings is 3. The first-order valence-corrected chi connectivity index (χ1v) is 15.1. The first-order valence-electron chi connectivity index (χ1n) is 15.1. The quantitative estimate of drug-likeness (QED) is 0.140. The molecule has 0 fully saturated rings. The van der Waals surface area contributed by atoms with E-state index in [9.17, 15) is 0 Å². The zero-order chi connectivity index (χ0) is 30.1. The van der Waals surface area contributed by atoms with Crippen molar-refractivity contribution in [1.82, 2.24) is 9.97 Å². The van der Waals surface area contributed by atoms with Crippen LogP contribution in [0.2, 0.25) is 0 Å². The fraction of sp³-hybridized carbons (Fsp3) is 0.263. The predicted molar refractivity (Wildman–Crippen MR) is 175 cm³/mol. The summed E-state index contributed by atoms with van der Waals surface area (Å²) >= 11 is 0. The van der Waals surface area contributed by atoms with Crippen molar-refractivity contribution in [3.8, 4) is 45.5 Å². The molecule has 0 N–H and O–H groups in total. The van der Waals surface area contributed by atoms with Crippen molar-refractivity contribution >= 4 is 23.1 Å². The largest absolute Gasteiger partial charge is 2.00 e. The number of fused-ring (bicyclic) bond motifs is 4. The number of pyridine rings is 2. The summed E-state index contributed by atoms with van der Waals surface area (Å²) in [7, 11) is 0. The fourth-order valence-corrected chi connectivity index (χ4v) is 5.97. The summed E-state index contributed by atoms with van der Waals surface area (Å²) in [6.45, 7) is 15.3. The minimum Gasteiger partial charge on any atom is -0.503 e. The Hall–Kier alpha value is -3.69. The van der Waals surface area contributed by atoms with Crippen molar-refractivity contribution in [1.29, 1.82) is 0 Å². The molecule has 2 aliphatic rings. The SMILES string of the molecule is CCc1cc2c3c(c1)Oc1ccc(-c4cc(C(C)(C)C)ccn4)[c-]c1B3c1[c-]c(-c3cc(C(C)(C)C)ccn3)ccc1O2.[Pt+2]. The van der Waals surface area contributed by atoms with Crippen LogP contribution in [0.5, 0.6) is 23.0 Å². The number of hydrogen-bond acceptors (Lipinski definition) is 4. The third kappa shape index (κ3) is 5.30. The van der Waals surface area contributed by atoms with Crippen LogP contribution < -0.4 is 25.9 Å². The van der Waals surface area contributed by atoms with Gasteiger partial charge >= 0.3 is 21.1 Å². The van der Waals surface area contributed by atoms with Crippen LogP contribution in [0.4, 0.5) is 0 Å². The number of hydrogen-bond donors (Lipinski definition) is 0. The maximum absolute atomic E-state index is 6.56. The standard InChI is InChI=1S/C38H35BN2O2.Pt/c1-8-23-17-34-36-35(18-23)43-33-12-10-25(31-22-27(14-16-41-31)38(5,6)7)20-29(33)39(36)28-19-24(9-11-32(28)42-34)30-21-26(13-15-40-30)37(2,3)4;/h9-18,21-22H,8H2,1-7H3;/q-2;+2. The molecule has 7 rings (SSSR count). The Labute approximate surface area is 275 Å². The third-order valence-electron chi connectivity index (χ3n) is 8.55. The molecule has 0 bridgehead atoms. The van der Waals surface area contributed by atoms with E-state index in [-0.39, 0.29) is 38.6 Å². The van der Waals surface area contributed by atoms with Crippen molar-refractivity contribution in [2.45, 2.75) is 65.7 Å². The zero-order valence-corrected chi connectivity index (χ0v) is 28.5. The Morgan fingerprint density at radius 3 is 1.50 bits per heavy atom. The van der Waals surface area contributed by atoms with E-state index in [2.05, 4.69) is 121 Å². The summed E-state index contributed by atoms with van der Waals surface area (Å²) in [5.74, 6) is 3.26. The van der Waals surface area contributed by atoms with Crippen LogP contribution in [-0.4, -0.2) is 16.7 Å². The van der Waals surface area contributed by atoms with Gasteiger partial charge < -0.3 is 19.4 Å². The van der Waals surface area contributed by atoms with Crippen LogP contribution in [0, 0.1) is 12.1 Å². The smallest absolute Gasteiger partial charge is 0.503 e. The van der Waals surface area contributed by atoms with Gasteiger partial charge in [0.25, 0.3) is 0 Å². The Morgan fingerprint density at radius 1 is 0.636 bits per heavy atom. The van der Waals surface area contributed by atoms with E-state index in [1.807, 2.05) is 12.4 Å². The topological polar surface area (TPSA) is 44.2 Å². The van der Waals surface area contributed by atoms with Crippen molar-refractivity contribution in [2.75, 3.05) is 0 Å². The molecule has 0 saturated carbocycles. The molecule has 2 aromatic heterocycles. The van der Waals surface area contributed by atoms with Crippen LogP contribution in [0.15, 0.2) is 73.1 Å².